The Hall–Kier alpha value is -1.64. The first-order valence-electron chi connectivity index (χ1n) is 7.37. The van der Waals surface area contributed by atoms with Crippen LogP contribution in [0.25, 0.3) is 0 Å². The first kappa shape index (κ1) is 13.3. The van der Waals surface area contributed by atoms with Gasteiger partial charge < -0.3 is 10.6 Å². The highest BCUT2D eigenvalue weighted by molar-refractivity contribution is 5.46. The standard InChI is InChI=1S/C15H21N5/c16-10-12-1-5-18-15(9-12)20-8-4-14(11-20)19-6-2-13(17)3-7-19/h1,5,9,13-14H,2-4,6-8,11,17H2. The maximum atomic E-state index is 8.97. The first-order chi connectivity index (χ1) is 9.76. The number of piperidine rings is 1. The molecule has 1 unspecified atom stereocenters. The SMILES string of the molecule is N#Cc1ccnc(N2CCC(N3CCC(N)CC3)C2)c1. The van der Waals surface area contributed by atoms with Gasteiger partial charge in [-0.2, -0.15) is 5.26 Å². The maximum Gasteiger partial charge on any atom is 0.129 e. The molecular weight excluding hydrogens is 250 g/mol. The van der Waals surface area contributed by atoms with Crippen LogP contribution in [0.15, 0.2) is 18.3 Å². The molecule has 1 atom stereocenters. The molecule has 3 rings (SSSR count). The molecular formula is C15H21N5. The number of hydrogen-bond acceptors (Lipinski definition) is 5. The van der Waals surface area contributed by atoms with E-state index < -0.39 is 0 Å². The number of pyridine rings is 1. The minimum atomic E-state index is 0.387. The van der Waals surface area contributed by atoms with E-state index in [1.54, 1.807) is 12.3 Å². The second-order valence-electron chi connectivity index (χ2n) is 5.78. The van der Waals surface area contributed by atoms with Crippen LogP contribution in [0.1, 0.15) is 24.8 Å². The summed E-state index contributed by atoms with van der Waals surface area (Å²) < 4.78 is 0. The zero-order valence-electron chi connectivity index (χ0n) is 11.7. The van der Waals surface area contributed by atoms with E-state index in [4.69, 9.17) is 11.0 Å². The third-order valence-corrected chi connectivity index (χ3v) is 4.45. The van der Waals surface area contributed by atoms with Gasteiger partial charge in [0.2, 0.25) is 0 Å². The van der Waals surface area contributed by atoms with Gasteiger partial charge in [-0.3, -0.25) is 4.90 Å². The molecule has 2 fully saturated rings. The van der Waals surface area contributed by atoms with Gasteiger partial charge in [0.1, 0.15) is 5.82 Å². The highest BCUT2D eigenvalue weighted by Gasteiger charge is 2.30. The summed E-state index contributed by atoms with van der Waals surface area (Å²) >= 11 is 0. The molecule has 0 spiro atoms. The van der Waals surface area contributed by atoms with Crippen molar-refractivity contribution >= 4 is 5.82 Å². The highest BCUT2D eigenvalue weighted by atomic mass is 15.3. The van der Waals surface area contributed by atoms with Crippen LogP contribution in [0.4, 0.5) is 5.82 Å². The fraction of sp³-hybridized carbons (Fsp3) is 0.600. The van der Waals surface area contributed by atoms with Crippen molar-refractivity contribution in [3.63, 3.8) is 0 Å². The summed E-state index contributed by atoms with van der Waals surface area (Å²) in [6.07, 6.45) is 5.12. The minimum Gasteiger partial charge on any atom is -0.355 e. The van der Waals surface area contributed by atoms with Crippen molar-refractivity contribution in [3.05, 3.63) is 23.9 Å². The van der Waals surface area contributed by atoms with Crippen molar-refractivity contribution in [2.75, 3.05) is 31.1 Å². The van der Waals surface area contributed by atoms with Crippen molar-refractivity contribution in [3.8, 4) is 6.07 Å². The molecule has 0 saturated carbocycles. The minimum absolute atomic E-state index is 0.387. The lowest BCUT2D eigenvalue weighted by molar-refractivity contribution is 0.163. The number of aromatic nitrogens is 1. The third kappa shape index (κ3) is 2.77. The summed E-state index contributed by atoms with van der Waals surface area (Å²) in [5, 5.41) is 8.97. The van der Waals surface area contributed by atoms with Crippen molar-refractivity contribution in [2.24, 2.45) is 5.73 Å². The topological polar surface area (TPSA) is 69.2 Å². The monoisotopic (exact) mass is 271 g/mol. The molecule has 0 aliphatic carbocycles. The molecule has 1 aromatic rings. The Morgan fingerprint density at radius 2 is 2.05 bits per heavy atom. The fourth-order valence-electron chi connectivity index (χ4n) is 3.19. The van der Waals surface area contributed by atoms with Gasteiger partial charge in [0.05, 0.1) is 11.6 Å². The third-order valence-electron chi connectivity index (χ3n) is 4.45. The van der Waals surface area contributed by atoms with Crippen LogP contribution in [0.3, 0.4) is 0 Å². The van der Waals surface area contributed by atoms with E-state index in [-0.39, 0.29) is 0 Å². The molecule has 106 valence electrons. The van der Waals surface area contributed by atoms with Crippen LogP contribution in [-0.2, 0) is 0 Å². The van der Waals surface area contributed by atoms with E-state index in [2.05, 4.69) is 20.9 Å². The molecule has 5 heteroatoms. The van der Waals surface area contributed by atoms with Crippen molar-refractivity contribution in [1.82, 2.24) is 9.88 Å². The lowest BCUT2D eigenvalue weighted by Crippen LogP contribution is -2.46. The number of nitrogens with zero attached hydrogens (tertiary/aromatic N) is 4. The van der Waals surface area contributed by atoms with Crippen molar-refractivity contribution < 1.29 is 0 Å². The van der Waals surface area contributed by atoms with E-state index in [0.29, 0.717) is 17.6 Å². The number of anilines is 1. The lowest BCUT2D eigenvalue weighted by Gasteiger charge is -2.34. The summed E-state index contributed by atoms with van der Waals surface area (Å²) in [4.78, 5) is 9.26. The normalized spacial score (nSPS) is 24.8. The second-order valence-corrected chi connectivity index (χ2v) is 5.78. The molecule has 3 heterocycles. The van der Waals surface area contributed by atoms with Crippen LogP contribution in [0, 0.1) is 11.3 Å². The highest BCUT2D eigenvalue weighted by Crippen LogP contribution is 2.24. The van der Waals surface area contributed by atoms with Gasteiger partial charge in [0, 0.05) is 31.4 Å². The Morgan fingerprint density at radius 3 is 2.80 bits per heavy atom. The van der Waals surface area contributed by atoms with Gasteiger partial charge in [-0.15, -0.1) is 0 Å². The number of hydrogen-bond donors (Lipinski definition) is 1. The van der Waals surface area contributed by atoms with Gasteiger partial charge in [-0.1, -0.05) is 0 Å². The molecule has 2 aliphatic rings. The van der Waals surface area contributed by atoms with Gasteiger partial charge in [0.25, 0.3) is 0 Å². The van der Waals surface area contributed by atoms with Crippen LogP contribution >= 0.6 is 0 Å². The quantitative estimate of drug-likeness (QED) is 0.867. The summed E-state index contributed by atoms with van der Waals surface area (Å²) in [6.45, 7) is 4.27. The van der Waals surface area contributed by atoms with Gasteiger partial charge in [0.15, 0.2) is 0 Å². The largest absolute Gasteiger partial charge is 0.355 e. The summed E-state index contributed by atoms with van der Waals surface area (Å²) in [7, 11) is 0. The fourth-order valence-corrected chi connectivity index (χ4v) is 3.19. The molecule has 0 bridgehead atoms. The number of nitrogens with two attached hydrogens (primary N) is 1. The van der Waals surface area contributed by atoms with Gasteiger partial charge in [-0.25, -0.2) is 4.98 Å². The summed E-state index contributed by atoms with van der Waals surface area (Å²) in [5.41, 5.74) is 6.65. The molecule has 2 N–H and O–H groups in total. The molecule has 2 aliphatic heterocycles. The Bertz CT molecular complexity index is 501. The Labute approximate surface area is 120 Å². The van der Waals surface area contributed by atoms with E-state index in [1.807, 2.05) is 6.07 Å². The molecule has 0 aromatic carbocycles. The maximum absolute atomic E-state index is 8.97. The number of likely N-dealkylation sites (tertiary alicyclic amines) is 1. The summed E-state index contributed by atoms with van der Waals surface area (Å²) in [5.74, 6) is 0.931. The predicted molar refractivity (Wildman–Crippen MR) is 78.4 cm³/mol. The molecule has 1 aromatic heterocycles. The number of nitriles is 1. The van der Waals surface area contributed by atoms with Gasteiger partial charge in [-0.05, 0) is 44.5 Å². The van der Waals surface area contributed by atoms with Crippen molar-refractivity contribution in [2.45, 2.75) is 31.3 Å². The van der Waals surface area contributed by atoms with E-state index in [0.717, 1.165) is 44.8 Å². The number of rotatable bonds is 2. The second kappa shape index (κ2) is 5.78. The van der Waals surface area contributed by atoms with E-state index in [9.17, 15) is 0 Å². The Kier molecular flexibility index (Phi) is 3.86. The van der Waals surface area contributed by atoms with E-state index in [1.165, 1.54) is 6.42 Å². The smallest absolute Gasteiger partial charge is 0.129 e. The molecule has 0 amide bonds. The van der Waals surface area contributed by atoms with Crippen LogP contribution in [0.2, 0.25) is 0 Å². The van der Waals surface area contributed by atoms with E-state index >= 15 is 0 Å². The summed E-state index contributed by atoms with van der Waals surface area (Å²) in [6, 6.07) is 6.81. The Morgan fingerprint density at radius 1 is 1.25 bits per heavy atom. The van der Waals surface area contributed by atoms with Gasteiger partial charge >= 0.3 is 0 Å². The lowest BCUT2D eigenvalue weighted by atomic mass is 10.0. The zero-order valence-corrected chi connectivity index (χ0v) is 11.7. The Balaban J connectivity index is 1.63. The van der Waals surface area contributed by atoms with Crippen LogP contribution < -0.4 is 10.6 Å². The molecule has 0 radical (unpaired) electrons. The first-order valence-corrected chi connectivity index (χ1v) is 7.37. The zero-order chi connectivity index (χ0) is 13.9. The van der Waals surface area contributed by atoms with Crippen LogP contribution in [-0.4, -0.2) is 48.1 Å². The average molecular weight is 271 g/mol. The molecule has 2 saturated heterocycles. The van der Waals surface area contributed by atoms with Crippen molar-refractivity contribution in [1.29, 1.82) is 5.26 Å². The average Bonchev–Trinajstić information content (AvgIpc) is 2.98. The molecule has 5 nitrogen and oxygen atoms in total. The predicted octanol–water partition coefficient (Wildman–Crippen LogP) is 0.955. The van der Waals surface area contributed by atoms with Crippen LogP contribution in [0.5, 0.6) is 0 Å². The molecule has 20 heavy (non-hydrogen) atoms.